The molecule has 2 unspecified atom stereocenters. The number of nitrogens with zero attached hydrogens (tertiary/aromatic N) is 2. The van der Waals surface area contributed by atoms with Crippen LogP contribution < -0.4 is 5.32 Å². The number of rotatable bonds is 7. The number of nitriles is 1. The van der Waals surface area contributed by atoms with Gasteiger partial charge in [-0.2, -0.15) is 5.26 Å². The fourth-order valence-corrected chi connectivity index (χ4v) is 2.83. The Morgan fingerprint density at radius 3 is 2.58 bits per heavy atom. The summed E-state index contributed by atoms with van der Waals surface area (Å²) in [6.07, 6.45) is 4.56. The average Bonchev–Trinajstić information content (AvgIpc) is 2.45. The summed E-state index contributed by atoms with van der Waals surface area (Å²) in [5, 5.41) is 12.8. The molecule has 1 rings (SSSR count). The molecule has 1 heterocycles. The molecule has 4 heteroatoms. The molecule has 0 saturated carbocycles. The highest BCUT2D eigenvalue weighted by Crippen LogP contribution is 2.21. The average molecular weight is 267 g/mol. The van der Waals surface area contributed by atoms with Gasteiger partial charge in [0.05, 0.1) is 12.2 Å². The smallest absolute Gasteiger partial charge is 0.105 e. The third-order valence-corrected chi connectivity index (χ3v) is 4.15. The Hall–Kier alpha value is -0.630. The van der Waals surface area contributed by atoms with Crippen molar-refractivity contribution >= 4 is 0 Å². The second-order valence-corrected chi connectivity index (χ2v) is 5.89. The minimum atomic E-state index is -0.409. The Balaban J connectivity index is 2.45. The van der Waals surface area contributed by atoms with Gasteiger partial charge >= 0.3 is 0 Å². The number of hydrogen-bond acceptors (Lipinski definition) is 4. The molecule has 0 amide bonds. The van der Waals surface area contributed by atoms with Gasteiger partial charge in [0, 0.05) is 26.2 Å². The van der Waals surface area contributed by atoms with E-state index in [2.05, 4.69) is 30.1 Å². The first kappa shape index (κ1) is 16.4. The fraction of sp³-hybridized carbons (Fsp3) is 0.933. The van der Waals surface area contributed by atoms with Gasteiger partial charge in [-0.05, 0) is 46.1 Å². The maximum absolute atomic E-state index is 9.39. The van der Waals surface area contributed by atoms with Crippen LogP contribution >= 0.6 is 0 Å². The lowest BCUT2D eigenvalue weighted by Crippen LogP contribution is -2.49. The predicted molar refractivity (Wildman–Crippen MR) is 78.0 cm³/mol. The zero-order valence-electron chi connectivity index (χ0n) is 12.9. The number of likely N-dealkylation sites (tertiary alicyclic amines) is 1. The summed E-state index contributed by atoms with van der Waals surface area (Å²) >= 11 is 0. The molecule has 0 bridgehead atoms. The lowest BCUT2D eigenvalue weighted by molar-refractivity contribution is 0.0260. The molecule has 4 nitrogen and oxygen atoms in total. The maximum Gasteiger partial charge on any atom is 0.105 e. The predicted octanol–water partition coefficient (Wildman–Crippen LogP) is 2.16. The SMILES string of the molecule is CCCNC(C)(C#N)CC(C)N1CCC(OC)CC1. The van der Waals surface area contributed by atoms with E-state index in [-0.39, 0.29) is 0 Å². The van der Waals surface area contributed by atoms with Gasteiger partial charge in [-0.15, -0.1) is 0 Å². The van der Waals surface area contributed by atoms with E-state index < -0.39 is 5.54 Å². The Morgan fingerprint density at radius 1 is 1.47 bits per heavy atom. The Bertz CT molecular complexity index is 294. The summed E-state index contributed by atoms with van der Waals surface area (Å²) in [6, 6.07) is 2.88. The van der Waals surface area contributed by atoms with Crippen LogP contribution in [0, 0.1) is 11.3 Å². The number of piperidine rings is 1. The van der Waals surface area contributed by atoms with E-state index >= 15 is 0 Å². The monoisotopic (exact) mass is 267 g/mol. The van der Waals surface area contributed by atoms with Crippen LogP contribution in [0.2, 0.25) is 0 Å². The zero-order valence-corrected chi connectivity index (χ0v) is 12.9. The Labute approximate surface area is 118 Å². The minimum Gasteiger partial charge on any atom is -0.381 e. The lowest BCUT2D eigenvalue weighted by Gasteiger charge is -2.38. The normalized spacial score (nSPS) is 22.7. The summed E-state index contributed by atoms with van der Waals surface area (Å²) in [5.74, 6) is 0. The summed E-state index contributed by atoms with van der Waals surface area (Å²) in [5.41, 5.74) is -0.409. The van der Waals surface area contributed by atoms with Gasteiger partial charge in [-0.1, -0.05) is 6.92 Å². The topological polar surface area (TPSA) is 48.3 Å². The lowest BCUT2D eigenvalue weighted by atomic mass is 9.93. The molecular weight excluding hydrogens is 238 g/mol. The fourth-order valence-electron chi connectivity index (χ4n) is 2.83. The van der Waals surface area contributed by atoms with Gasteiger partial charge in [0.2, 0.25) is 0 Å². The molecule has 110 valence electrons. The van der Waals surface area contributed by atoms with Crippen LogP contribution in [-0.2, 0) is 4.74 Å². The Kier molecular flexibility index (Phi) is 6.78. The van der Waals surface area contributed by atoms with Gasteiger partial charge < -0.3 is 9.64 Å². The molecule has 1 saturated heterocycles. The second-order valence-electron chi connectivity index (χ2n) is 5.89. The van der Waals surface area contributed by atoms with Crippen molar-refractivity contribution in [1.29, 1.82) is 5.26 Å². The third kappa shape index (κ3) is 5.10. The van der Waals surface area contributed by atoms with Crippen molar-refractivity contribution in [3.63, 3.8) is 0 Å². The highest BCUT2D eigenvalue weighted by atomic mass is 16.5. The van der Waals surface area contributed by atoms with E-state index in [9.17, 15) is 5.26 Å². The van der Waals surface area contributed by atoms with Gasteiger partial charge in [0.25, 0.3) is 0 Å². The molecule has 1 aliphatic heterocycles. The third-order valence-electron chi connectivity index (χ3n) is 4.15. The van der Waals surface area contributed by atoms with Crippen molar-refractivity contribution < 1.29 is 4.74 Å². The molecule has 1 N–H and O–H groups in total. The molecular formula is C15H29N3O. The Morgan fingerprint density at radius 2 is 2.11 bits per heavy atom. The van der Waals surface area contributed by atoms with Crippen LogP contribution in [0.4, 0.5) is 0 Å². The van der Waals surface area contributed by atoms with Crippen LogP contribution in [-0.4, -0.2) is 49.3 Å². The molecule has 1 aliphatic rings. The van der Waals surface area contributed by atoms with Gasteiger partial charge in [0.15, 0.2) is 0 Å². The molecule has 0 aromatic heterocycles. The van der Waals surface area contributed by atoms with Gasteiger partial charge in [-0.25, -0.2) is 0 Å². The molecule has 0 aliphatic carbocycles. The molecule has 0 aromatic carbocycles. The van der Waals surface area contributed by atoms with Crippen LogP contribution in [0.1, 0.15) is 46.5 Å². The van der Waals surface area contributed by atoms with Crippen LogP contribution in [0.15, 0.2) is 0 Å². The van der Waals surface area contributed by atoms with Crippen molar-refractivity contribution in [3.8, 4) is 6.07 Å². The molecule has 0 radical (unpaired) electrons. The van der Waals surface area contributed by atoms with Crippen molar-refractivity contribution in [1.82, 2.24) is 10.2 Å². The summed E-state index contributed by atoms with van der Waals surface area (Å²) < 4.78 is 5.40. The first-order valence-electron chi connectivity index (χ1n) is 7.47. The molecule has 19 heavy (non-hydrogen) atoms. The second kappa shape index (κ2) is 7.84. The first-order valence-corrected chi connectivity index (χ1v) is 7.47. The van der Waals surface area contributed by atoms with Crippen molar-refractivity contribution in [2.75, 3.05) is 26.7 Å². The van der Waals surface area contributed by atoms with Crippen LogP contribution in [0.25, 0.3) is 0 Å². The largest absolute Gasteiger partial charge is 0.381 e. The van der Waals surface area contributed by atoms with E-state index in [1.807, 2.05) is 6.92 Å². The molecule has 1 fully saturated rings. The van der Waals surface area contributed by atoms with Crippen LogP contribution in [0.5, 0.6) is 0 Å². The highest BCUT2D eigenvalue weighted by molar-refractivity contribution is 5.05. The maximum atomic E-state index is 9.39. The summed E-state index contributed by atoms with van der Waals surface area (Å²) in [7, 11) is 1.80. The molecule has 0 spiro atoms. The number of hydrogen-bond donors (Lipinski definition) is 1. The number of nitrogens with one attached hydrogen (secondary N) is 1. The summed E-state index contributed by atoms with van der Waals surface area (Å²) in [6.45, 7) is 9.44. The van der Waals surface area contributed by atoms with E-state index in [1.165, 1.54) is 0 Å². The van der Waals surface area contributed by atoms with E-state index in [1.54, 1.807) is 7.11 Å². The van der Waals surface area contributed by atoms with Gasteiger partial charge in [0.1, 0.15) is 5.54 Å². The number of ether oxygens (including phenoxy) is 1. The quantitative estimate of drug-likeness (QED) is 0.768. The first-order chi connectivity index (χ1) is 9.04. The van der Waals surface area contributed by atoms with Crippen LogP contribution in [0.3, 0.4) is 0 Å². The van der Waals surface area contributed by atoms with Crippen molar-refractivity contribution in [2.24, 2.45) is 0 Å². The zero-order chi connectivity index (χ0) is 14.3. The summed E-state index contributed by atoms with van der Waals surface area (Å²) in [4.78, 5) is 2.48. The number of methoxy groups -OCH3 is 1. The molecule has 0 aromatic rings. The van der Waals surface area contributed by atoms with Gasteiger partial charge in [-0.3, -0.25) is 5.32 Å². The highest BCUT2D eigenvalue weighted by Gasteiger charge is 2.30. The molecule has 2 atom stereocenters. The minimum absolute atomic E-state index is 0.409. The van der Waals surface area contributed by atoms with Crippen molar-refractivity contribution in [3.05, 3.63) is 0 Å². The van der Waals surface area contributed by atoms with E-state index in [0.29, 0.717) is 12.1 Å². The standard InChI is InChI=1S/C15H29N3O/c1-5-8-17-15(3,12-16)11-13(2)18-9-6-14(19-4)7-10-18/h13-14,17H,5-11H2,1-4H3. The van der Waals surface area contributed by atoms with E-state index in [0.717, 1.165) is 45.3 Å². The van der Waals surface area contributed by atoms with Crippen molar-refractivity contribution in [2.45, 2.75) is 64.1 Å². The van der Waals surface area contributed by atoms with E-state index in [4.69, 9.17) is 4.74 Å².